The molecule has 0 aliphatic rings. The summed E-state index contributed by atoms with van der Waals surface area (Å²) < 4.78 is 13.6. The lowest BCUT2D eigenvalue weighted by Crippen LogP contribution is -1.93. The van der Waals surface area contributed by atoms with Crippen LogP contribution in [0.25, 0.3) is 11.0 Å². The summed E-state index contributed by atoms with van der Waals surface area (Å²) in [6.07, 6.45) is 1.49. The van der Waals surface area contributed by atoms with Crippen LogP contribution in [0.2, 0.25) is 0 Å². The molecule has 1 N–H and O–H groups in total. The lowest BCUT2D eigenvalue weighted by Gasteiger charge is -1.99. The van der Waals surface area contributed by atoms with Crippen LogP contribution >= 0.6 is 0 Å². The Morgan fingerprint density at radius 1 is 1.16 bits per heavy atom. The molecule has 0 fully saturated rings. The molecule has 19 heavy (non-hydrogen) atoms. The van der Waals surface area contributed by atoms with E-state index < -0.39 is 0 Å². The Hall–Kier alpha value is -2.16. The maximum absolute atomic E-state index is 13.6. The van der Waals surface area contributed by atoms with Crippen LogP contribution in [0.3, 0.4) is 0 Å². The number of hydrogen-bond donors (Lipinski definition) is 1. The summed E-state index contributed by atoms with van der Waals surface area (Å²) in [6.45, 7) is 2.12. The van der Waals surface area contributed by atoms with E-state index >= 15 is 0 Å². The van der Waals surface area contributed by atoms with Gasteiger partial charge in [-0.3, -0.25) is 0 Å². The van der Waals surface area contributed by atoms with E-state index in [4.69, 9.17) is 0 Å². The summed E-state index contributed by atoms with van der Waals surface area (Å²) >= 11 is 0. The number of fused-ring (bicyclic) bond motifs is 1. The van der Waals surface area contributed by atoms with E-state index in [2.05, 4.69) is 29.0 Å². The van der Waals surface area contributed by atoms with Crippen molar-refractivity contribution in [1.29, 1.82) is 0 Å². The van der Waals surface area contributed by atoms with E-state index in [1.165, 1.54) is 11.6 Å². The van der Waals surface area contributed by atoms with E-state index in [1.54, 1.807) is 12.1 Å². The number of H-pyrrole nitrogens is 1. The fourth-order valence-corrected chi connectivity index (χ4v) is 2.24. The smallest absolute Gasteiger partial charge is 0.126 e. The monoisotopic (exact) mass is 254 g/mol. The Balaban J connectivity index is 1.95. The second kappa shape index (κ2) is 4.84. The second-order valence-corrected chi connectivity index (χ2v) is 4.66. The predicted octanol–water partition coefficient (Wildman–Crippen LogP) is 3.86. The van der Waals surface area contributed by atoms with Gasteiger partial charge in [-0.2, -0.15) is 0 Å². The van der Waals surface area contributed by atoms with Crippen molar-refractivity contribution in [1.82, 2.24) is 9.97 Å². The predicted molar refractivity (Wildman–Crippen MR) is 74.7 cm³/mol. The Labute approximate surface area is 111 Å². The standard InChI is InChI=1S/C16H15FN2/c1-2-11-7-8-14-15(9-11)19-16(18-14)10-12-5-3-4-6-13(12)17/h3-9H,2,10H2,1H3,(H,18,19). The number of nitrogens with zero attached hydrogens (tertiary/aromatic N) is 1. The molecule has 0 saturated carbocycles. The van der Waals surface area contributed by atoms with Crippen molar-refractivity contribution in [2.45, 2.75) is 19.8 Å². The molecule has 0 bridgehead atoms. The van der Waals surface area contributed by atoms with E-state index in [1.807, 2.05) is 12.1 Å². The van der Waals surface area contributed by atoms with Gasteiger partial charge in [-0.1, -0.05) is 31.2 Å². The second-order valence-electron chi connectivity index (χ2n) is 4.66. The number of nitrogens with one attached hydrogen (secondary N) is 1. The number of aromatic amines is 1. The van der Waals surface area contributed by atoms with Crippen molar-refractivity contribution >= 4 is 11.0 Å². The van der Waals surface area contributed by atoms with E-state index in [0.29, 0.717) is 12.0 Å². The zero-order valence-electron chi connectivity index (χ0n) is 10.8. The van der Waals surface area contributed by atoms with Crippen molar-refractivity contribution in [2.24, 2.45) is 0 Å². The zero-order chi connectivity index (χ0) is 13.2. The lowest BCUT2D eigenvalue weighted by molar-refractivity contribution is 0.612. The third-order valence-electron chi connectivity index (χ3n) is 3.32. The molecule has 0 amide bonds. The van der Waals surface area contributed by atoms with E-state index in [9.17, 15) is 4.39 Å². The summed E-state index contributed by atoms with van der Waals surface area (Å²) in [4.78, 5) is 7.77. The molecule has 0 unspecified atom stereocenters. The maximum atomic E-state index is 13.6. The molecule has 3 heteroatoms. The summed E-state index contributed by atoms with van der Waals surface area (Å²) in [5.41, 5.74) is 3.89. The van der Waals surface area contributed by atoms with Gasteiger partial charge >= 0.3 is 0 Å². The van der Waals surface area contributed by atoms with Gasteiger partial charge in [0, 0.05) is 6.42 Å². The SMILES string of the molecule is CCc1ccc2nc(Cc3ccccc3F)[nH]c2c1. The van der Waals surface area contributed by atoms with Gasteiger partial charge in [-0.25, -0.2) is 9.37 Å². The average molecular weight is 254 g/mol. The van der Waals surface area contributed by atoms with Crippen molar-refractivity contribution in [3.05, 3.63) is 65.2 Å². The van der Waals surface area contributed by atoms with Gasteiger partial charge in [-0.15, -0.1) is 0 Å². The Kier molecular flexibility index (Phi) is 3.03. The molecule has 1 heterocycles. The van der Waals surface area contributed by atoms with Crippen LogP contribution in [-0.4, -0.2) is 9.97 Å². The van der Waals surface area contributed by atoms with Crippen molar-refractivity contribution in [3.63, 3.8) is 0 Å². The Bertz CT molecular complexity index is 716. The fraction of sp³-hybridized carbons (Fsp3) is 0.188. The highest BCUT2D eigenvalue weighted by atomic mass is 19.1. The van der Waals surface area contributed by atoms with Crippen LogP contribution in [0.4, 0.5) is 4.39 Å². The third kappa shape index (κ3) is 2.36. The van der Waals surface area contributed by atoms with E-state index in [0.717, 1.165) is 23.3 Å². The van der Waals surface area contributed by atoms with Crippen LogP contribution in [0, 0.1) is 5.82 Å². The minimum atomic E-state index is -0.183. The maximum Gasteiger partial charge on any atom is 0.126 e. The largest absolute Gasteiger partial charge is 0.342 e. The lowest BCUT2D eigenvalue weighted by atomic mass is 10.1. The fourth-order valence-electron chi connectivity index (χ4n) is 2.24. The third-order valence-corrected chi connectivity index (χ3v) is 3.32. The number of rotatable bonds is 3. The summed E-state index contributed by atoms with van der Waals surface area (Å²) in [7, 11) is 0. The minimum Gasteiger partial charge on any atom is -0.342 e. The van der Waals surface area contributed by atoms with Crippen LogP contribution in [0.5, 0.6) is 0 Å². The first-order valence-electron chi connectivity index (χ1n) is 6.47. The number of aromatic nitrogens is 2. The molecule has 3 rings (SSSR count). The highest BCUT2D eigenvalue weighted by Crippen LogP contribution is 2.17. The molecule has 0 saturated heterocycles. The molecule has 0 aliphatic carbocycles. The highest BCUT2D eigenvalue weighted by Gasteiger charge is 2.07. The quantitative estimate of drug-likeness (QED) is 0.755. The Morgan fingerprint density at radius 2 is 2.00 bits per heavy atom. The zero-order valence-corrected chi connectivity index (χ0v) is 10.8. The number of hydrogen-bond acceptors (Lipinski definition) is 1. The molecule has 0 radical (unpaired) electrons. The van der Waals surface area contributed by atoms with Gasteiger partial charge < -0.3 is 4.98 Å². The van der Waals surface area contributed by atoms with Gasteiger partial charge in [0.05, 0.1) is 11.0 Å². The summed E-state index contributed by atoms with van der Waals surface area (Å²) in [5.74, 6) is 0.616. The van der Waals surface area contributed by atoms with Gasteiger partial charge in [0.25, 0.3) is 0 Å². The first-order valence-corrected chi connectivity index (χ1v) is 6.47. The topological polar surface area (TPSA) is 28.7 Å². The number of imidazole rings is 1. The van der Waals surface area contributed by atoms with Gasteiger partial charge in [-0.05, 0) is 35.7 Å². The number of aryl methyl sites for hydroxylation is 1. The number of benzene rings is 2. The van der Waals surface area contributed by atoms with Gasteiger partial charge in [0.2, 0.25) is 0 Å². The van der Waals surface area contributed by atoms with Crippen LogP contribution < -0.4 is 0 Å². The van der Waals surface area contributed by atoms with Crippen LogP contribution in [-0.2, 0) is 12.8 Å². The van der Waals surface area contributed by atoms with Crippen molar-refractivity contribution in [3.8, 4) is 0 Å². The molecule has 3 aromatic rings. The normalized spacial score (nSPS) is 11.1. The van der Waals surface area contributed by atoms with Crippen molar-refractivity contribution in [2.75, 3.05) is 0 Å². The molecule has 0 aliphatic heterocycles. The molecule has 0 atom stereocenters. The van der Waals surface area contributed by atoms with Crippen molar-refractivity contribution < 1.29 is 4.39 Å². The van der Waals surface area contributed by atoms with Crippen LogP contribution in [0.15, 0.2) is 42.5 Å². The highest BCUT2D eigenvalue weighted by molar-refractivity contribution is 5.75. The molecule has 96 valence electrons. The van der Waals surface area contributed by atoms with Crippen LogP contribution in [0.1, 0.15) is 23.9 Å². The summed E-state index contributed by atoms with van der Waals surface area (Å²) in [6, 6.07) is 13.0. The first kappa shape index (κ1) is 11.9. The first-order chi connectivity index (χ1) is 9.26. The Morgan fingerprint density at radius 3 is 2.79 bits per heavy atom. The van der Waals surface area contributed by atoms with Gasteiger partial charge in [0.1, 0.15) is 11.6 Å². The molecular formula is C16H15FN2. The molecule has 2 aromatic carbocycles. The molecule has 1 aromatic heterocycles. The van der Waals surface area contributed by atoms with E-state index in [-0.39, 0.29) is 5.82 Å². The average Bonchev–Trinajstić information content (AvgIpc) is 2.82. The van der Waals surface area contributed by atoms with Gasteiger partial charge in [0.15, 0.2) is 0 Å². The molecule has 2 nitrogen and oxygen atoms in total. The summed E-state index contributed by atoms with van der Waals surface area (Å²) in [5, 5.41) is 0. The number of halogens is 1. The minimum absolute atomic E-state index is 0.183. The molecule has 0 spiro atoms. The molecular weight excluding hydrogens is 239 g/mol.